The molecule has 3 rings (SSSR count). The third-order valence-corrected chi connectivity index (χ3v) is 3.14. The number of aromatic nitrogens is 1. The Morgan fingerprint density at radius 1 is 1.27 bits per heavy atom. The Morgan fingerprint density at radius 3 is 2.86 bits per heavy atom. The summed E-state index contributed by atoms with van der Waals surface area (Å²) in [5, 5.41) is 4.28. The fraction of sp³-hybridized carbons (Fsp3) is 0.0667. The SMILES string of the molecule is NC(=O)c1cc(Cl)ccc1OCc1cc(-c2ccco2)on1. The van der Waals surface area contributed by atoms with Crippen molar-refractivity contribution in [3.05, 3.63) is 58.9 Å². The van der Waals surface area contributed by atoms with Crippen LogP contribution in [0.5, 0.6) is 5.75 Å². The number of nitrogens with zero attached hydrogens (tertiary/aromatic N) is 1. The fourth-order valence-corrected chi connectivity index (χ4v) is 2.06. The van der Waals surface area contributed by atoms with Crippen LogP contribution in [0.2, 0.25) is 5.02 Å². The maximum atomic E-state index is 11.4. The van der Waals surface area contributed by atoms with E-state index in [-0.39, 0.29) is 12.2 Å². The molecule has 2 N–H and O–H groups in total. The van der Waals surface area contributed by atoms with Gasteiger partial charge in [-0.1, -0.05) is 16.8 Å². The van der Waals surface area contributed by atoms with Crippen LogP contribution in [-0.4, -0.2) is 11.1 Å². The Kier molecular flexibility index (Phi) is 3.84. The summed E-state index contributed by atoms with van der Waals surface area (Å²) in [6, 6.07) is 9.85. The van der Waals surface area contributed by atoms with Gasteiger partial charge in [0.15, 0.2) is 5.76 Å². The van der Waals surface area contributed by atoms with Crippen LogP contribution in [-0.2, 0) is 6.61 Å². The lowest BCUT2D eigenvalue weighted by molar-refractivity contribution is 0.0996. The number of amides is 1. The maximum absolute atomic E-state index is 11.4. The van der Waals surface area contributed by atoms with Crippen LogP contribution in [0.1, 0.15) is 16.1 Å². The molecule has 0 fully saturated rings. The summed E-state index contributed by atoms with van der Waals surface area (Å²) < 4.78 is 15.9. The summed E-state index contributed by atoms with van der Waals surface area (Å²) in [6.07, 6.45) is 1.54. The molecule has 2 heterocycles. The monoisotopic (exact) mass is 318 g/mol. The van der Waals surface area contributed by atoms with E-state index in [1.54, 1.807) is 36.6 Å². The lowest BCUT2D eigenvalue weighted by Crippen LogP contribution is -2.13. The molecule has 0 spiro atoms. The molecule has 22 heavy (non-hydrogen) atoms. The van der Waals surface area contributed by atoms with Gasteiger partial charge in [0.25, 0.3) is 5.91 Å². The number of hydrogen-bond donors (Lipinski definition) is 1. The van der Waals surface area contributed by atoms with Gasteiger partial charge in [-0.15, -0.1) is 0 Å². The van der Waals surface area contributed by atoms with E-state index in [0.29, 0.717) is 28.0 Å². The number of nitrogens with two attached hydrogens (primary N) is 1. The molecular weight excluding hydrogens is 308 g/mol. The van der Waals surface area contributed by atoms with E-state index >= 15 is 0 Å². The number of carbonyl (C=O) groups excluding carboxylic acids is 1. The van der Waals surface area contributed by atoms with E-state index in [0.717, 1.165) is 0 Å². The zero-order chi connectivity index (χ0) is 15.5. The molecule has 6 nitrogen and oxygen atoms in total. The maximum Gasteiger partial charge on any atom is 0.252 e. The van der Waals surface area contributed by atoms with Gasteiger partial charge in [-0.2, -0.15) is 0 Å². The zero-order valence-corrected chi connectivity index (χ0v) is 12.0. The molecule has 0 aliphatic carbocycles. The summed E-state index contributed by atoms with van der Waals surface area (Å²) >= 11 is 5.84. The molecule has 0 aliphatic heterocycles. The first-order chi connectivity index (χ1) is 10.6. The van der Waals surface area contributed by atoms with Gasteiger partial charge in [0.05, 0.1) is 11.8 Å². The third kappa shape index (κ3) is 2.96. The van der Waals surface area contributed by atoms with Crippen LogP contribution in [0, 0.1) is 0 Å². The smallest absolute Gasteiger partial charge is 0.252 e. The number of rotatable bonds is 5. The Bertz CT molecular complexity index is 796. The predicted molar refractivity (Wildman–Crippen MR) is 78.5 cm³/mol. The van der Waals surface area contributed by atoms with Crippen LogP contribution in [0.3, 0.4) is 0 Å². The van der Waals surface area contributed by atoms with Gasteiger partial charge in [-0.05, 0) is 30.3 Å². The molecule has 0 bridgehead atoms. The highest BCUT2D eigenvalue weighted by atomic mass is 35.5. The van der Waals surface area contributed by atoms with Gasteiger partial charge in [0.1, 0.15) is 18.1 Å². The number of hydrogen-bond acceptors (Lipinski definition) is 5. The molecule has 3 aromatic rings. The topological polar surface area (TPSA) is 91.5 Å². The van der Waals surface area contributed by atoms with E-state index in [4.69, 9.17) is 31.0 Å². The van der Waals surface area contributed by atoms with E-state index in [1.807, 2.05) is 0 Å². The van der Waals surface area contributed by atoms with Crippen molar-refractivity contribution in [2.75, 3.05) is 0 Å². The minimum absolute atomic E-state index is 0.117. The lowest BCUT2D eigenvalue weighted by atomic mass is 10.2. The fourth-order valence-electron chi connectivity index (χ4n) is 1.89. The highest BCUT2D eigenvalue weighted by molar-refractivity contribution is 6.31. The predicted octanol–water partition coefficient (Wildman–Crippen LogP) is 3.27. The van der Waals surface area contributed by atoms with Crippen molar-refractivity contribution in [3.8, 4) is 17.3 Å². The average molecular weight is 319 g/mol. The summed E-state index contributed by atoms with van der Waals surface area (Å²) in [5.41, 5.74) is 6.06. The first kappa shape index (κ1) is 14.2. The van der Waals surface area contributed by atoms with Crippen molar-refractivity contribution >= 4 is 17.5 Å². The first-order valence-electron chi connectivity index (χ1n) is 6.35. The van der Waals surface area contributed by atoms with Crippen LogP contribution < -0.4 is 10.5 Å². The number of carbonyl (C=O) groups is 1. The molecule has 7 heteroatoms. The Labute approximate surface area is 130 Å². The van der Waals surface area contributed by atoms with Crippen molar-refractivity contribution in [2.45, 2.75) is 6.61 Å². The average Bonchev–Trinajstić information content (AvgIpc) is 3.16. The molecule has 0 saturated heterocycles. The van der Waals surface area contributed by atoms with Gasteiger partial charge >= 0.3 is 0 Å². The minimum atomic E-state index is -0.617. The second kappa shape index (κ2) is 5.95. The largest absolute Gasteiger partial charge is 0.486 e. The second-order valence-corrected chi connectivity index (χ2v) is 4.89. The number of furan rings is 1. The Hall–Kier alpha value is -2.73. The molecule has 1 aromatic carbocycles. The van der Waals surface area contributed by atoms with E-state index < -0.39 is 5.91 Å². The summed E-state index contributed by atoms with van der Waals surface area (Å²) in [5.74, 6) is 0.784. The van der Waals surface area contributed by atoms with Crippen molar-refractivity contribution < 1.29 is 18.5 Å². The molecular formula is C15H11ClN2O4. The molecule has 0 saturated carbocycles. The molecule has 0 atom stereocenters. The lowest BCUT2D eigenvalue weighted by Gasteiger charge is -2.08. The number of ether oxygens (including phenoxy) is 1. The van der Waals surface area contributed by atoms with E-state index in [2.05, 4.69) is 5.16 Å². The molecule has 112 valence electrons. The van der Waals surface area contributed by atoms with Crippen molar-refractivity contribution in [3.63, 3.8) is 0 Å². The van der Waals surface area contributed by atoms with Gasteiger partial charge in [-0.25, -0.2) is 0 Å². The zero-order valence-electron chi connectivity index (χ0n) is 11.3. The summed E-state index contributed by atoms with van der Waals surface area (Å²) in [7, 11) is 0. The molecule has 2 aromatic heterocycles. The summed E-state index contributed by atoms with van der Waals surface area (Å²) in [6.45, 7) is 0.117. The van der Waals surface area contributed by atoms with Crippen LogP contribution in [0.25, 0.3) is 11.5 Å². The van der Waals surface area contributed by atoms with Gasteiger partial charge in [0, 0.05) is 11.1 Å². The third-order valence-electron chi connectivity index (χ3n) is 2.91. The van der Waals surface area contributed by atoms with E-state index in [1.165, 1.54) is 6.07 Å². The van der Waals surface area contributed by atoms with Crippen molar-refractivity contribution in [1.82, 2.24) is 5.16 Å². The second-order valence-electron chi connectivity index (χ2n) is 4.45. The number of benzene rings is 1. The van der Waals surface area contributed by atoms with Crippen molar-refractivity contribution in [1.29, 1.82) is 0 Å². The van der Waals surface area contributed by atoms with Crippen LogP contribution >= 0.6 is 11.6 Å². The van der Waals surface area contributed by atoms with Gasteiger partial charge < -0.3 is 19.4 Å². The van der Waals surface area contributed by atoms with E-state index in [9.17, 15) is 4.79 Å². The molecule has 1 amide bonds. The normalized spacial score (nSPS) is 10.6. The van der Waals surface area contributed by atoms with Gasteiger partial charge in [0.2, 0.25) is 5.76 Å². The number of primary amides is 1. The van der Waals surface area contributed by atoms with Crippen LogP contribution in [0.4, 0.5) is 0 Å². The Balaban J connectivity index is 1.74. The standard InChI is InChI=1S/C15H11ClN2O4/c16-9-3-4-12(11(6-9)15(17)19)21-8-10-7-14(22-18-10)13-2-1-5-20-13/h1-7H,8H2,(H2,17,19). The first-order valence-corrected chi connectivity index (χ1v) is 6.73. The molecule has 0 aliphatic rings. The highest BCUT2D eigenvalue weighted by Crippen LogP contribution is 2.25. The summed E-state index contributed by atoms with van der Waals surface area (Å²) in [4.78, 5) is 11.4. The quantitative estimate of drug-likeness (QED) is 0.779. The van der Waals surface area contributed by atoms with Gasteiger partial charge in [-0.3, -0.25) is 4.79 Å². The van der Waals surface area contributed by atoms with Crippen LogP contribution in [0.15, 0.2) is 51.6 Å². The van der Waals surface area contributed by atoms with Crippen molar-refractivity contribution in [2.24, 2.45) is 5.73 Å². The highest BCUT2D eigenvalue weighted by Gasteiger charge is 2.13. The minimum Gasteiger partial charge on any atom is -0.486 e. The number of halogens is 1. The Morgan fingerprint density at radius 2 is 2.14 bits per heavy atom. The molecule has 0 unspecified atom stereocenters. The molecule has 0 radical (unpaired) electrons.